The minimum atomic E-state index is -0.165. The van der Waals surface area contributed by atoms with Crippen LogP contribution < -0.4 is 4.90 Å². The predicted octanol–water partition coefficient (Wildman–Crippen LogP) is 10.4. The first kappa shape index (κ1) is 24.6. The molecule has 0 atom stereocenters. The summed E-state index contributed by atoms with van der Waals surface area (Å²) in [6, 6.07) is 38.2. The first-order valence-corrected chi connectivity index (χ1v) is 15.1. The average Bonchev–Trinajstić information content (AvgIpc) is 3.26. The van der Waals surface area contributed by atoms with Crippen molar-refractivity contribution in [3.05, 3.63) is 138 Å². The van der Waals surface area contributed by atoms with E-state index in [0.29, 0.717) is 0 Å². The maximum Gasteiger partial charge on any atom is 0.0971 e. The van der Waals surface area contributed by atoms with E-state index in [2.05, 4.69) is 136 Å². The minimum absolute atomic E-state index is 0.0789. The molecule has 0 saturated carbocycles. The lowest BCUT2D eigenvalue weighted by Gasteiger charge is -2.42. The Hall–Kier alpha value is -5.02. The van der Waals surface area contributed by atoms with Crippen LogP contribution in [0, 0.1) is 0 Å². The number of rotatable bonds is 1. The van der Waals surface area contributed by atoms with Gasteiger partial charge in [0, 0.05) is 39.7 Å². The molecular weight excluding hydrogens is 522 g/mol. The van der Waals surface area contributed by atoms with Gasteiger partial charge in [-0.3, -0.25) is 9.97 Å². The van der Waals surface area contributed by atoms with E-state index in [1.165, 1.54) is 61.2 Å². The van der Waals surface area contributed by atoms with Crippen LogP contribution in [0.1, 0.15) is 49.9 Å². The smallest absolute Gasteiger partial charge is 0.0971 e. The van der Waals surface area contributed by atoms with E-state index in [4.69, 9.17) is 9.97 Å². The standard InChI is InChI=1S/C40H31N3/c1-39(2)31-13-7-9-15-35(31)43(36-16-10-8-14-32(36)39)24-17-18-26-29-22-30-28(23-34(29)40(3,4)33(26)21-24)25-11-5-6-12-27(25)37-38(30)42-20-19-41-37/h5-23H,1-4H3. The van der Waals surface area contributed by atoms with Crippen LogP contribution in [-0.2, 0) is 10.8 Å². The zero-order valence-corrected chi connectivity index (χ0v) is 24.8. The number of para-hydroxylation sites is 2. The molecule has 2 aliphatic rings. The molecule has 7 aromatic rings. The molecule has 0 amide bonds. The summed E-state index contributed by atoms with van der Waals surface area (Å²) in [7, 11) is 0. The highest BCUT2D eigenvalue weighted by Crippen LogP contribution is 2.55. The number of hydrogen-bond donors (Lipinski definition) is 0. The normalized spacial score (nSPS) is 15.8. The van der Waals surface area contributed by atoms with Gasteiger partial charge in [0.05, 0.1) is 22.4 Å². The van der Waals surface area contributed by atoms with Crippen molar-refractivity contribution in [2.75, 3.05) is 4.90 Å². The van der Waals surface area contributed by atoms with Crippen molar-refractivity contribution in [1.82, 2.24) is 9.97 Å². The third-order valence-electron chi connectivity index (χ3n) is 10.1. The fraction of sp³-hybridized carbons (Fsp3) is 0.150. The van der Waals surface area contributed by atoms with Gasteiger partial charge in [-0.05, 0) is 80.6 Å². The van der Waals surface area contributed by atoms with Crippen LogP contribution in [0.2, 0.25) is 0 Å². The highest BCUT2D eigenvalue weighted by Gasteiger charge is 2.39. The third kappa shape index (κ3) is 3.14. The number of benzene rings is 6. The Morgan fingerprint density at radius 2 is 1.02 bits per heavy atom. The molecule has 0 spiro atoms. The van der Waals surface area contributed by atoms with Gasteiger partial charge < -0.3 is 4.90 Å². The Morgan fingerprint density at radius 1 is 0.465 bits per heavy atom. The quantitative estimate of drug-likeness (QED) is 0.189. The molecule has 3 heteroatoms. The SMILES string of the molecule is CC1(C)c2cc(N3c4ccccc4C(C)(C)c4ccccc43)ccc2-c2cc3c(cc21)c1ccccc1c1nccnc31. The maximum absolute atomic E-state index is 4.84. The molecule has 3 nitrogen and oxygen atoms in total. The van der Waals surface area contributed by atoms with Gasteiger partial charge in [0.1, 0.15) is 0 Å². The van der Waals surface area contributed by atoms with Gasteiger partial charge in [0.25, 0.3) is 0 Å². The fourth-order valence-electron chi connectivity index (χ4n) is 7.93. The molecule has 0 N–H and O–H groups in total. The first-order chi connectivity index (χ1) is 20.9. The Bertz CT molecular complexity index is 2260. The molecule has 206 valence electrons. The number of fused-ring (bicyclic) bond motifs is 11. The molecule has 0 saturated heterocycles. The lowest BCUT2D eigenvalue weighted by molar-refractivity contribution is 0.631. The maximum atomic E-state index is 4.84. The monoisotopic (exact) mass is 553 g/mol. The number of nitrogens with zero attached hydrogens (tertiary/aromatic N) is 3. The van der Waals surface area contributed by atoms with Crippen molar-refractivity contribution >= 4 is 49.6 Å². The van der Waals surface area contributed by atoms with Gasteiger partial charge in [-0.2, -0.15) is 0 Å². The lowest BCUT2D eigenvalue weighted by Crippen LogP contribution is -2.30. The van der Waals surface area contributed by atoms with Crippen LogP contribution >= 0.6 is 0 Å². The van der Waals surface area contributed by atoms with Crippen LogP contribution in [0.3, 0.4) is 0 Å². The van der Waals surface area contributed by atoms with Gasteiger partial charge in [0.15, 0.2) is 0 Å². The van der Waals surface area contributed by atoms with Crippen molar-refractivity contribution in [3.8, 4) is 11.1 Å². The van der Waals surface area contributed by atoms with Gasteiger partial charge in [-0.1, -0.05) is 94.4 Å². The van der Waals surface area contributed by atoms with Crippen LogP contribution in [0.4, 0.5) is 17.1 Å². The molecule has 1 aliphatic carbocycles. The largest absolute Gasteiger partial charge is 0.310 e. The molecule has 2 heterocycles. The molecule has 1 aliphatic heterocycles. The molecule has 0 unspecified atom stereocenters. The van der Waals surface area contributed by atoms with Crippen LogP contribution in [0.25, 0.3) is 43.7 Å². The summed E-state index contributed by atoms with van der Waals surface area (Å²) in [4.78, 5) is 12.1. The Morgan fingerprint density at radius 3 is 1.72 bits per heavy atom. The summed E-state index contributed by atoms with van der Waals surface area (Å²) in [5, 5.41) is 4.78. The number of anilines is 3. The third-order valence-corrected chi connectivity index (χ3v) is 10.1. The van der Waals surface area contributed by atoms with E-state index < -0.39 is 0 Å². The Balaban J connectivity index is 1.29. The summed E-state index contributed by atoms with van der Waals surface area (Å²) in [6.45, 7) is 9.43. The summed E-state index contributed by atoms with van der Waals surface area (Å²) in [5.41, 5.74) is 13.4. The second kappa shape index (κ2) is 8.29. The van der Waals surface area contributed by atoms with Crippen molar-refractivity contribution < 1.29 is 0 Å². The average molecular weight is 554 g/mol. The van der Waals surface area contributed by atoms with Gasteiger partial charge in [-0.15, -0.1) is 0 Å². The summed E-state index contributed by atoms with van der Waals surface area (Å²) < 4.78 is 0. The van der Waals surface area contributed by atoms with Gasteiger partial charge in [0.2, 0.25) is 0 Å². The van der Waals surface area contributed by atoms with E-state index >= 15 is 0 Å². The summed E-state index contributed by atoms with van der Waals surface area (Å²) in [6.07, 6.45) is 3.61. The van der Waals surface area contributed by atoms with Crippen LogP contribution in [0.15, 0.2) is 116 Å². The highest BCUT2D eigenvalue weighted by molar-refractivity contribution is 6.24. The summed E-state index contributed by atoms with van der Waals surface area (Å²) in [5.74, 6) is 0. The molecule has 0 bridgehead atoms. The van der Waals surface area contributed by atoms with E-state index in [1.54, 1.807) is 6.20 Å². The van der Waals surface area contributed by atoms with Crippen molar-refractivity contribution in [2.24, 2.45) is 0 Å². The van der Waals surface area contributed by atoms with Gasteiger partial charge >= 0.3 is 0 Å². The Labute approximate surface area is 251 Å². The predicted molar refractivity (Wildman–Crippen MR) is 179 cm³/mol. The van der Waals surface area contributed by atoms with E-state index in [0.717, 1.165) is 21.8 Å². The number of hydrogen-bond acceptors (Lipinski definition) is 3. The number of aromatic nitrogens is 2. The van der Waals surface area contributed by atoms with Crippen LogP contribution in [0.5, 0.6) is 0 Å². The molecule has 43 heavy (non-hydrogen) atoms. The second-order valence-electron chi connectivity index (χ2n) is 13.1. The van der Waals surface area contributed by atoms with Gasteiger partial charge in [-0.25, -0.2) is 0 Å². The second-order valence-corrected chi connectivity index (χ2v) is 13.1. The van der Waals surface area contributed by atoms with Crippen LogP contribution in [-0.4, -0.2) is 9.97 Å². The van der Waals surface area contributed by atoms with Crippen molar-refractivity contribution in [3.63, 3.8) is 0 Å². The van der Waals surface area contributed by atoms with Crippen molar-refractivity contribution in [2.45, 2.75) is 38.5 Å². The van der Waals surface area contributed by atoms with E-state index in [1.807, 2.05) is 6.20 Å². The molecule has 0 radical (unpaired) electrons. The molecule has 1 aromatic heterocycles. The first-order valence-electron chi connectivity index (χ1n) is 15.1. The fourth-order valence-corrected chi connectivity index (χ4v) is 7.93. The van der Waals surface area contributed by atoms with Crippen molar-refractivity contribution in [1.29, 1.82) is 0 Å². The highest BCUT2D eigenvalue weighted by atomic mass is 15.2. The minimum Gasteiger partial charge on any atom is -0.310 e. The zero-order valence-electron chi connectivity index (χ0n) is 24.8. The van der Waals surface area contributed by atoms with E-state index in [-0.39, 0.29) is 10.8 Å². The zero-order chi connectivity index (χ0) is 29.1. The topological polar surface area (TPSA) is 29.0 Å². The molecule has 0 fully saturated rings. The molecular formula is C40H31N3. The van der Waals surface area contributed by atoms with E-state index in [9.17, 15) is 0 Å². The summed E-state index contributed by atoms with van der Waals surface area (Å²) >= 11 is 0. The Kier molecular flexibility index (Phi) is 4.74. The lowest BCUT2D eigenvalue weighted by atomic mass is 9.73. The molecule has 6 aromatic carbocycles. The molecule has 9 rings (SSSR count).